The quantitative estimate of drug-likeness (QED) is 0.130. The second-order valence-corrected chi connectivity index (χ2v) is 8.48. The third-order valence-electron chi connectivity index (χ3n) is 4.99. The van der Waals surface area contributed by atoms with Crippen LogP contribution in [0.5, 0.6) is 5.75 Å². The lowest BCUT2D eigenvalue weighted by Gasteiger charge is -2.13. The first-order valence-corrected chi connectivity index (χ1v) is 11.9. The van der Waals surface area contributed by atoms with Gasteiger partial charge in [0.15, 0.2) is 5.16 Å². The average Bonchev–Trinajstić information content (AvgIpc) is 3.27. The number of nitro benzene ring substituents is 1. The van der Waals surface area contributed by atoms with Gasteiger partial charge in [-0.15, -0.1) is 0 Å². The fourth-order valence-corrected chi connectivity index (χ4v) is 4.25. The van der Waals surface area contributed by atoms with Crippen LogP contribution >= 0.6 is 11.8 Å². The molecule has 9 nitrogen and oxygen atoms in total. The van der Waals surface area contributed by atoms with E-state index in [2.05, 4.69) is 18.0 Å². The molecule has 0 spiro atoms. The highest BCUT2D eigenvalue weighted by molar-refractivity contribution is 7.99. The zero-order valence-electron chi connectivity index (χ0n) is 19.0. The lowest BCUT2D eigenvalue weighted by atomic mass is 10.0. The van der Waals surface area contributed by atoms with Crippen LogP contribution in [0.4, 0.5) is 5.69 Å². The number of ether oxygens (including phenoxy) is 2. The zero-order chi connectivity index (χ0) is 24.5. The number of imidazole rings is 1. The van der Waals surface area contributed by atoms with E-state index in [0.29, 0.717) is 18.8 Å². The minimum Gasteiger partial charge on any atom is -0.494 e. The molecule has 0 aliphatic carbocycles. The number of carbonyl (C=O) groups excluding carboxylic acids is 1. The first-order chi connectivity index (χ1) is 16.4. The molecule has 0 amide bonds. The van der Waals surface area contributed by atoms with E-state index in [9.17, 15) is 20.0 Å². The fourth-order valence-electron chi connectivity index (χ4n) is 3.37. The van der Waals surface area contributed by atoms with Crippen molar-refractivity contribution in [3.63, 3.8) is 0 Å². The fraction of sp³-hybridized carbons (Fsp3) is 0.333. The van der Waals surface area contributed by atoms with Crippen LogP contribution in [0.1, 0.15) is 37.0 Å². The van der Waals surface area contributed by atoms with Crippen molar-refractivity contribution >= 4 is 23.4 Å². The molecule has 0 aliphatic heterocycles. The molecule has 0 aliphatic rings. The largest absolute Gasteiger partial charge is 0.494 e. The maximum Gasteiger partial charge on any atom is 0.308 e. The number of carbonyl (C=O) groups is 1. The summed E-state index contributed by atoms with van der Waals surface area (Å²) in [4.78, 5) is 26.9. The molecule has 1 N–H and O–H groups in total. The Labute approximate surface area is 201 Å². The highest BCUT2D eigenvalue weighted by Crippen LogP contribution is 2.31. The molecule has 1 atom stereocenters. The Hall–Kier alpha value is -3.37. The topological polar surface area (TPSA) is 117 Å². The maximum atomic E-state index is 11.7. The molecule has 2 aromatic carbocycles. The van der Waals surface area contributed by atoms with Crippen molar-refractivity contribution in [1.29, 1.82) is 0 Å². The van der Waals surface area contributed by atoms with Crippen LogP contribution < -0.4 is 4.74 Å². The molecule has 0 saturated carbocycles. The molecular formula is C24H27N3O6S. The van der Waals surface area contributed by atoms with Crippen molar-refractivity contribution in [2.75, 3.05) is 19.0 Å². The number of aliphatic hydroxyl groups excluding tert-OH is 1. The Morgan fingerprint density at radius 3 is 2.82 bits per heavy atom. The molecule has 1 aromatic heterocycles. The molecular weight excluding hydrogens is 458 g/mol. The van der Waals surface area contributed by atoms with Gasteiger partial charge in [0.25, 0.3) is 5.69 Å². The van der Waals surface area contributed by atoms with Crippen LogP contribution in [0, 0.1) is 17.0 Å². The molecule has 3 rings (SSSR count). The average molecular weight is 486 g/mol. The van der Waals surface area contributed by atoms with E-state index in [1.807, 2.05) is 29.0 Å². The van der Waals surface area contributed by atoms with Gasteiger partial charge in [0.05, 0.1) is 41.9 Å². The Morgan fingerprint density at radius 2 is 2.09 bits per heavy atom. The van der Waals surface area contributed by atoms with E-state index in [1.165, 1.54) is 18.2 Å². The van der Waals surface area contributed by atoms with Gasteiger partial charge < -0.3 is 14.6 Å². The standard InChI is InChI=1S/C24H27N3O6S/c1-3-32-23(29)16-22(28)19-15-18(9-10-21(19)27(30)31)33-13-6-14-34-24-25-11-12-26(24)20-8-5-4-7-17(20)2/h4-5,7-12,15,22,28H,3,6,13-14,16H2,1-2H3. The number of benzene rings is 2. The summed E-state index contributed by atoms with van der Waals surface area (Å²) in [6.45, 7) is 4.25. The first-order valence-electron chi connectivity index (χ1n) is 10.9. The zero-order valence-corrected chi connectivity index (χ0v) is 19.9. The van der Waals surface area contributed by atoms with Crippen molar-refractivity contribution < 1.29 is 24.3 Å². The number of hydrogen-bond acceptors (Lipinski definition) is 8. The van der Waals surface area contributed by atoms with Gasteiger partial charge in [-0.2, -0.15) is 0 Å². The van der Waals surface area contributed by atoms with Crippen molar-refractivity contribution in [3.05, 3.63) is 76.1 Å². The van der Waals surface area contributed by atoms with Crippen molar-refractivity contribution in [2.24, 2.45) is 0 Å². The van der Waals surface area contributed by atoms with Crippen LogP contribution in [0.25, 0.3) is 5.69 Å². The normalized spacial score (nSPS) is 11.7. The summed E-state index contributed by atoms with van der Waals surface area (Å²) >= 11 is 1.61. The van der Waals surface area contributed by atoms with Gasteiger partial charge in [0.1, 0.15) is 5.75 Å². The number of aromatic nitrogens is 2. The van der Waals surface area contributed by atoms with Crippen LogP contribution in [0.15, 0.2) is 60.0 Å². The third-order valence-corrected chi connectivity index (χ3v) is 6.04. The number of rotatable bonds is 12. The van der Waals surface area contributed by atoms with Crippen LogP contribution in [0.3, 0.4) is 0 Å². The van der Waals surface area contributed by atoms with Crippen molar-refractivity contribution in [3.8, 4) is 11.4 Å². The SMILES string of the molecule is CCOC(=O)CC(O)c1cc(OCCCSc2nccn2-c2ccccc2C)ccc1[N+](=O)[O-]. The van der Waals surface area contributed by atoms with Crippen LogP contribution in [-0.4, -0.2) is 44.5 Å². The van der Waals surface area contributed by atoms with Crippen LogP contribution in [0.2, 0.25) is 0 Å². The van der Waals surface area contributed by atoms with E-state index < -0.39 is 17.0 Å². The Balaban J connectivity index is 1.56. The monoisotopic (exact) mass is 485 g/mol. The smallest absolute Gasteiger partial charge is 0.308 e. The minimum atomic E-state index is -1.36. The summed E-state index contributed by atoms with van der Waals surface area (Å²) in [5, 5.41) is 22.6. The van der Waals surface area contributed by atoms with Gasteiger partial charge in [0.2, 0.25) is 0 Å². The molecule has 0 radical (unpaired) electrons. The highest BCUT2D eigenvalue weighted by Gasteiger charge is 2.24. The predicted molar refractivity (Wildman–Crippen MR) is 128 cm³/mol. The number of nitrogens with zero attached hydrogens (tertiary/aromatic N) is 3. The lowest BCUT2D eigenvalue weighted by molar-refractivity contribution is -0.386. The molecule has 0 bridgehead atoms. The number of nitro groups is 1. The summed E-state index contributed by atoms with van der Waals surface area (Å²) in [6.07, 6.45) is 2.68. The van der Waals surface area contributed by atoms with Gasteiger partial charge in [-0.05, 0) is 44.0 Å². The van der Waals surface area contributed by atoms with E-state index >= 15 is 0 Å². The van der Waals surface area contributed by atoms with Crippen molar-refractivity contribution in [1.82, 2.24) is 9.55 Å². The van der Waals surface area contributed by atoms with Gasteiger partial charge in [-0.3, -0.25) is 19.5 Å². The highest BCUT2D eigenvalue weighted by atomic mass is 32.2. The van der Waals surface area contributed by atoms with Crippen molar-refractivity contribution in [2.45, 2.75) is 37.9 Å². The van der Waals surface area contributed by atoms with Gasteiger partial charge in [-0.25, -0.2) is 4.98 Å². The predicted octanol–water partition coefficient (Wildman–Crippen LogP) is 4.64. The summed E-state index contributed by atoms with van der Waals surface area (Å²) < 4.78 is 12.6. The molecule has 3 aromatic rings. The molecule has 1 unspecified atom stereocenters. The van der Waals surface area contributed by atoms with Gasteiger partial charge in [-0.1, -0.05) is 30.0 Å². The van der Waals surface area contributed by atoms with Crippen LogP contribution in [-0.2, 0) is 9.53 Å². The maximum absolute atomic E-state index is 11.7. The molecule has 0 saturated heterocycles. The Bertz CT molecular complexity index is 1130. The summed E-state index contributed by atoms with van der Waals surface area (Å²) in [5.41, 5.74) is 1.98. The number of aryl methyl sites for hydroxylation is 1. The second kappa shape index (κ2) is 12.2. The summed E-state index contributed by atoms with van der Waals surface area (Å²) in [6, 6.07) is 12.3. The van der Waals surface area contributed by atoms with Gasteiger partial charge >= 0.3 is 5.97 Å². The second-order valence-electron chi connectivity index (χ2n) is 7.42. The van der Waals surface area contributed by atoms with E-state index in [0.717, 1.165) is 22.2 Å². The molecule has 34 heavy (non-hydrogen) atoms. The number of thioether (sulfide) groups is 1. The first kappa shape index (κ1) is 25.3. The molecule has 1 heterocycles. The van der Waals surface area contributed by atoms with Gasteiger partial charge in [0, 0.05) is 24.2 Å². The molecule has 0 fully saturated rings. The molecule has 10 heteroatoms. The summed E-state index contributed by atoms with van der Waals surface area (Å²) in [5.74, 6) is 0.514. The third kappa shape index (κ3) is 6.58. The molecule has 180 valence electrons. The number of hydrogen-bond donors (Lipinski definition) is 1. The Morgan fingerprint density at radius 1 is 1.29 bits per heavy atom. The summed E-state index contributed by atoms with van der Waals surface area (Å²) in [7, 11) is 0. The number of para-hydroxylation sites is 1. The van der Waals surface area contributed by atoms with E-state index in [1.54, 1.807) is 24.9 Å². The Kier molecular flexibility index (Phi) is 9.06. The number of esters is 1. The minimum absolute atomic E-state index is 0.0187. The lowest BCUT2D eigenvalue weighted by Crippen LogP contribution is -2.11. The van der Waals surface area contributed by atoms with E-state index in [-0.39, 0.29) is 24.3 Å². The van der Waals surface area contributed by atoms with E-state index in [4.69, 9.17) is 9.47 Å². The number of aliphatic hydroxyl groups is 1.